The van der Waals surface area contributed by atoms with Gasteiger partial charge in [0.1, 0.15) is 10.6 Å². The fraction of sp³-hybridized carbons (Fsp3) is 0.517. The van der Waals surface area contributed by atoms with E-state index in [-0.39, 0.29) is 59.7 Å². The second kappa shape index (κ2) is 10.7. The average molecular weight is 653 g/mol. The van der Waals surface area contributed by atoms with Crippen LogP contribution < -0.4 is 10.6 Å². The number of alkyl halides is 7. The van der Waals surface area contributed by atoms with Gasteiger partial charge in [0.2, 0.25) is 11.8 Å². The summed E-state index contributed by atoms with van der Waals surface area (Å²) in [7, 11) is -4.54. The summed E-state index contributed by atoms with van der Waals surface area (Å²) in [4.78, 5) is 24.4. The summed E-state index contributed by atoms with van der Waals surface area (Å²) in [6.45, 7) is 1.36. The third kappa shape index (κ3) is 4.94. The van der Waals surface area contributed by atoms with Crippen LogP contribution in [0.1, 0.15) is 55.7 Å². The number of carbonyl (C=O) groups is 2. The number of benzene rings is 2. The van der Waals surface area contributed by atoms with E-state index in [1.807, 2.05) is 0 Å². The van der Waals surface area contributed by atoms with Crippen molar-refractivity contribution in [3.05, 3.63) is 65.0 Å². The first-order valence-electron chi connectivity index (χ1n) is 13.9. The number of fused-ring (bicyclic) bond motifs is 3. The molecule has 0 heterocycles. The number of hydrogen-bond donors (Lipinski definition) is 2. The zero-order chi connectivity index (χ0) is 32.5. The summed E-state index contributed by atoms with van der Waals surface area (Å²) in [6, 6.07) is 4.88. The average Bonchev–Trinajstić information content (AvgIpc) is 3.31. The third-order valence-electron chi connectivity index (χ3n) is 9.21. The van der Waals surface area contributed by atoms with Crippen LogP contribution >= 0.6 is 0 Å². The van der Waals surface area contributed by atoms with Crippen LogP contribution in [0.25, 0.3) is 0 Å². The van der Waals surface area contributed by atoms with E-state index in [0.717, 1.165) is 30.3 Å². The second-order valence-corrected chi connectivity index (χ2v) is 13.9. The quantitative estimate of drug-likeness (QED) is 0.317. The molecule has 2 saturated carbocycles. The Kier molecular flexibility index (Phi) is 7.82. The van der Waals surface area contributed by atoms with Gasteiger partial charge in [-0.2, -0.15) is 26.3 Å². The third-order valence-corrected chi connectivity index (χ3v) is 11.8. The predicted molar refractivity (Wildman–Crippen MR) is 140 cm³/mol. The number of amides is 2. The number of hydrogen-bond acceptors (Lipinski definition) is 4. The molecular weight excluding hydrogens is 624 g/mol. The van der Waals surface area contributed by atoms with Crippen molar-refractivity contribution in [1.29, 1.82) is 0 Å². The molecule has 240 valence electrons. The lowest BCUT2D eigenvalue weighted by molar-refractivity contribution is -0.348. The van der Waals surface area contributed by atoms with Crippen LogP contribution in [0.5, 0.6) is 0 Å². The van der Waals surface area contributed by atoms with E-state index in [4.69, 9.17) is 0 Å². The molecule has 2 aromatic carbocycles. The van der Waals surface area contributed by atoms with Gasteiger partial charge in [0.15, 0.2) is 9.84 Å². The molecule has 0 spiro atoms. The van der Waals surface area contributed by atoms with Crippen molar-refractivity contribution in [1.82, 2.24) is 10.6 Å². The van der Waals surface area contributed by atoms with Crippen molar-refractivity contribution < 1.29 is 53.1 Å². The smallest absolute Gasteiger partial charge is 0.353 e. The number of nitrogens with one attached hydrogen (secondary N) is 2. The lowest BCUT2D eigenvalue weighted by atomic mass is 9.72. The molecule has 2 fully saturated rings. The number of rotatable bonds is 6. The Morgan fingerprint density at radius 1 is 0.864 bits per heavy atom. The summed E-state index contributed by atoms with van der Waals surface area (Å²) in [5.41, 5.74) is -7.75. The summed E-state index contributed by atoms with van der Waals surface area (Å²) in [5, 5.41) is 5.59. The molecule has 0 saturated heterocycles. The zero-order valence-electron chi connectivity index (χ0n) is 23.2. The molecule has 0 aromatic heterocycles. The largest absolute Gasteiger partial charge is 0.435 e. The molecule has 0 radical (unpaired) electrons. The Hall–Kier alpha value is -3.23. The van der Waals surface area contributed by atoms with Crippen molar-refractivity contribution >= 4 is 21.7 Å². The normalized spacial score (nSPS) is 27.1. The number of halogens is 8. The molecule has 5 rings (SSSR count). The molecule has 0 bridgehead atoms. The molecule has 6 nitrogen and oxygen atoms in total. The predicted octanol–water partition coefficient (Wildman–Crippen LogP) is 5.54. The van der Waals surface area contributed by atoms with E-state index in [2.05, 4.69) is 10.6 Å². The van der Waals surface area contributed by atoms with E-state index in [1.54, 1.807) is 0 Å². The van der Waals surface area contributed by atoms with Crippen LogP contribution in [0.3, 0.4) is 0 Å². The Balaban J connectivity index is 1.57. The number of sulfone groups is 1. The highest BCUT2D eigenvalue weighted by atomic mass is 32.2. The number of carbonyl (C=O) groups excluding carboxylic acids is 2. The molecule has 15 heteroatoms. The van der Waals surface area contributed by atoms with E-state index in [9.17, 15) is 53.1 Å². The Morgan fingerprint density at radius 3 is 2.02 bits per heavy atom. The van der Waals surface area contributed by atoms with E-state index in [1.165, 1.54) is 6.92 Å². The minimum Gasteiger partial charge on any atom is -0.353 e. The summed E-state index contributed by atoms with van der Waals surface area (Å²) in [5.74, 6) is -3.27. The Bertz CT molecular complexity index is 1560. The second-order valence-electron chi connectivity index (χ2n) is 11.7. The maximum atomic E-state index is 15.0. The summed E-state index contributed by atoms with van der Waals surface area (Å²) >= 11 is 0. The maximum absolute atomic E-state index is 15.0. The van der Waals surface area contributed by atoms with Crippen LogP contribution in [-0.4, -0.2) is 44.7 Å². The minimum atomic E-state index is -6.36. The highest BCUT2D eigenvalue weighted by Gasteiger charge is 2.74. The first kappa shape index (κ1) is 32.2. The van der Waals surface area contributed by atoms with Gasteiger partial charge in [0.05, 0.1) is 4.90 Å². The van der Waals surface area contributed by atoms with Crippen LogP contribution in [-0.2, 0) is 36.3 Å². The Morgan fingerprint density at radius 2 is 1.45 bits per heavy atom. The molecule has 2 N–H and O–H groups in total. The van der Waals surface area contributed by atoms with Crippen LogP contribution in [0, 0.1) is 17.7 Å². The molecule has 3 aliphatic rings. The van der Waals surface area contributed by atoms with E-state index < -0.39 is 61.7 Å². The van der Waals surface area contributed by atoms with Gasteiger partial charge in [0.25, 0.3) is 0 Å². The highest BCUT2D eigenvalue weighted by molar-refractivity contribution is 7.92. The molecule has 2 aromatic rings. The number of aryl methyl sites for hydroxylation is 1. The van der Waals surface area contributed by atoms with Gasteiger partial charge in [-0.25, -0.2) is 17.2 Å². The van der Waals surface area contributed by atoms with Gasteiger partial charge in [0, 0.05) is 30.5 Å². The van der Waals surface area contributed by atoms with Crippen molar-refractivity contribution in [2.75, 3.05) is 0 Å². The van der Waals surface area contributed by atoms with E-state index >= 15 is 0 Å². The van der Waals surface area contributed by atoms with Gasteiger partial charge in [-0.1, -0.05) is 18.2 Å². The van der Waals surface area contributed by atoms with Crippen molar-refractivity contribution in [2.45, 2.75) is 85.2 Å². The first-order valence-corrected chi connectivity index (χ1v) is 15.3. The van der Waals surface area contributed by atoms with Crippen molar-refractivity contribution in [3.63, 3.8) is 0 Å². The van der Waals surface area contributed by atoms with Gasteiger partial charge in [-0.3, -0.25) is 9.59 Å². The first-order chi connectivity index (χ1) is 20.3. The Labute approximate surface area is 247 Å². The molecule has 2 amide bonds. The van der Waals surface area contributed by atoms with Crippen molar-refractivity contribution in [3.8, 4) is 0 Å². The molecule has 0 aliphatic heterocycles. The monoisotopic (exact) mass is 652 g/mol. The standard InChI is InChI=1S/C29H28F8N2O4S/c1-15(40)38-19-13-20(14-19)39-25(41)22-10-11-26(44(42,43)21-6-4-18(30)5-7-21)23-9-3-17(12-16(23)2-8-24(22)26)27(31,28(32,33)34)29(35,36)37/h3-7,9,12,19-20,22,24H,2,8,10-11,13-14H2,1H3,(H,38,40)(H,39,41)/t19-,20-,22-,24+,26-/m1/s1. The maximum Gasteiger partial charge on any atom is 0.435 e. The van der Waals surface area contributed by atoms with E-state index in [0.29, 0.717) is 25.0 Å². The van der Waals surface area contributed by atoms with Gasteiger partial charge >= 0.3 is 18.0 Å². The van der Waals surface area contributed by atoms with Gasteiger partial charge in [-0.05, 0) is 79.8 Å². The lowest BCUT2D eigenvalue weighted by Gasteiger charge is -2.43. The molecular formula is C29H28F8N2O4S. The zero-order valence-corrected chi connectivity index (χ0v) is 24.0. The highest BCUT2D eigenvalue weighted by Crippen LogP contribution is 2.60. The van der Waals surface area contributed by atoms with Crippen LogP contribution in [0.4, 0.5) is 35.1 Å². The molecule has 3 aliphatic carbocycles. The molecule has 0 unspecified atom stereocenters. The fourth-order valence-corrected chi connectivity index (χ4v) is 9.61. The van der Waals surface area contributed by atoms with Crippen molar-refractivity contribution in [2.24, 2.45) is 11.8 Å². The lowest BCUT2D eigenvalue weighted by Crippen LogP contribution is -2.55. The SMILES string of the molecule is CC(=O)N[C@H]1C[C@H](NC(=O)[C@@H]2CC[C@@]3(S(=O)(=O)c4ccc(F)cc4)c4ccc(C(F)(C(F)(F)F)C(F)(F)F)cc4CC[C@@H]23)C1. The van der Waals surface area contributed by atoms with Crippen LogP contribution in [0.2, 0.25) is 0 Å². The fourth-order valence-electron chi connectivity index (χ4n) is 7.14. The van der Waals surface area contributed by atoms with Gasteiger partial charge < -0.3 is 10.6 Å². The molecule has 44 heavy (non-hydrogen) atoms. The van der Waals surface area contributed by atoms with Crippen LogP contribution in [0.15, 0.2) is 47.4 Å². The minimum absolute atomic E-state index is 0.0259. The van der Waals surface area contributed by atoms with Gasteiger partial charge in [-0.15, -0.1) is 0 Å². The molecule has 3 atom stereocenters. The summed E-state index contributed by atoms with van der Waals surface area (Å²) < 4.78 is 137. The topological polar surface area (TPSA) is 92.3 Å². The summed E-state index contributed by atoms with van der Waals surface area (Å²) in [6.07, 6.45) is -12.3.